The fourth-order valence-corrected chi connectivity index (χ4v) is 1.62. The molecule has 5 heteroatoms. The number of ether oxygens (including phenoxy) is 2. The van der Waals surface area contributed by atoms with Crippen LogP contribution in [-0.4, -0.2) is 26.2 Å². The van der Waals surface area contributed by atoms with Gasteiger partial charge in [0.2, 0.25) is 5.91 Å². The first kappa shape index (κ1) is 14.3. The fraction of sp³-hybridized carbons (Fsp3) is 0.462. The summed E-state index contributed by atoms with van der Waals surface area (Å²) in [4.78, 5) is 11.4. The fourth-order valence-electron chi connectivity index (χ4n) is 1.62. The number of nitrogens with one attached hydrogen (secondary N) is 1. The highest BCUT2D eigenvalue weighted by molar-refractivity contribution is 5.81. The third-order valence-electron chi connectivity index (χ3n) is 2.71. The predicted molar refractivity (Wildman–Crippen MR) is 69.8 cm³/mol. The Balaban J connectivity index is 2.91. The maximum absolute atomic E-state index is 11.4. The summed E-state index contributed by atoms with van der Waals surface area (Å²) in [5.74, 6) is 1.23. The minimum Gasteiger partial charge on any atom is -0.497 e. The maximum atomic E-state index is 11.4. The summed E-state index contributed by atoms with van der Waals surface area (Å²) in [6.45, 7) is 3.98. The van der Waals surface area contributed by atoms with Crippen molar-refractivity contribution >= 4 is 5.91 Å². The van der Waals surface area contributed by atoms with E-state index in [2.05, 4.69) is 5.32 Å². The van der Waals surface area contributed by atoms with Crippen LogP contribution in [0.4, 0.5) is 0 Å². The molecule has 0 aromatic heterocycles. The van der Waals surface area contributed by atoms with E-state index in [0.29, 0.717) is 12.3 Å². The summed E-state index contributed by atoms with van der Waals surface area (Å²) in [5, 5.41) is 2.77. The molecule has 1 rings (SSSR count). The van der Waals surface area contributed by atoms with Gasteiger partial charge in [-0.15, -0.1) is 0 Å². The van der Waals surface area contributed by atoms with Crippen molar-refractivity contribution in [2.45, 2.75) is 26.4 Å². The highest BCUT2D eigenvalue weighted by Gasteiger charge is 2.12. The number of rotatable bonds is 5. The molecule has 100 valence electrons. The summed E-state index contributed by atoms with van der Waals surface area (Å²) in [6, 6.07) is 3.17. The smallest absolute Gasteiger partial charge is 0.236 e. The van der Waals surface area contributed by atoms with Crippen molar-refractivity contribution in [3.05, 3.63) is 23.3 Å². The third kappa shape index (κ3) is 3.37. The van der Waals surface area contributed by atoms with Gasteiger partial charge in [0, 0.05) is 18.2 Å². The highest BCUT2D eigenvalue weighted by Crippen LogP contribution is 2.28. The number of benzene rings is 1. The van der Waals surface area contributed by atoms with Gasteiger partial charge >= 0.3 is 0 Å². The van der Waals surface area contributed by atoms with Crippen LogP contribution in [0.2, 0.25) is 0 Å². The van der Waals surface area contributed by atoms with E-state index < -0.39 is 6.04 Å². The lowest BCUT2D eigenvalue weighted by molar-refractivity contribution is -0.122. The van der Waals surface area contributed by atoms with Crippen LogP contribution in [0.1, 0.15) is 18.1 Å². The Bertz CT molecular complexity index is 430. The summed E-state index contributed by atoms with van der Waals surface area (Å²) in [6.07, 6.45) is 0. The number of nitrogens with two attached hydrogens (primary N) is 1. The van der Waals surface area contributed by atoms with Crippen molar-refractivity contribution in [2.24, 2.45) is 5.73 Å². The minimum absolute atomic E-state index is 0.188. The quantitative estimate of drug-likeness (QED) is 0.819. The molecule has 0 fully saturated rings. The van der Waals surface area contributed by atoms with E-state index in [-0.39, 0.29) is 5.91 Å². The van der Waals surface area contributed by atoms with Crippen LogP contribution < -0.4 is 20.5 Å². The molecule has 18 heavy (non-hydrogen) atoms. The molecule has 1 aromatic rings. The van der Waals surface area contributed by atoms with Gasteiger partial charge in [-0.1, -0.05) is 0 Å². The molecule has 1 unspecified atom stereocenters. The zero-order valence-electron chi connectivity index (χ0n) is 11.2. The van der Waals surface area contributed by atoms with Crippen LogP contribution >= 0.6 is 0 Å². The number of carbonyl (C=O) groups is 1. The zero-order valence-corrected chi connectivity index (χ0v) is 11.2. The van der Waals surface area contributed by atoms with Gasteiger partial charge < -0.3 is 20.5 Å². The normalized spacial score (nSPS) is 11.8. The van der Waals surface area contributed by atoms with E-state index in [4.69, 9.17) is 15.2 Å². The number of carbonyl (C=O) groups excluding carboxylic acids is 1. The molecular weight excluding hydrogens is 232 g/mol. The van der Waals surface area contributed by atoms with E-state index in [1.807, 2.05) is 13.0 Å². The van der Waals surface area contributed by atoms with Crippen LogP contribution in [0.3, 0.4) is 0 Å². The molecule has 0 spiro atoms. The Hall–Kier alpha value is -1.75. The van der Waals surface area contributed by atoms with Gasteiger partial charge in [-0.2, -0.15) is 0 Å². The second kappa shape index (κ2) is 6.26. The number of amides is 1. The number of aryl methyl sites for hydroxylation is 1. The lowest BCUT2D eigenvalue weighted by atomic mass is 10.1. The Morgan fingerprint density at radius 2 is 2.06 bits per heavy atom. The third-order valence-corrected chi connectivity index (χ3v) is 2.71. The number of methoxy groups -OCH3 is 2. The lowest BCUT2D eigenvalue weighted by Crippen LogP contribution is -2.38. The Kier molecular flexibility index (Phi) is 4.97. The molecule has 0 radical (unpaired) electrons. The van der Waals surface area contributed by atoms with Crippen molar-refractivity contribution < 1.29 is 14.3 Å². The van der Waals surface area contributed by atoms with Gasteiger partial charge in [-0.25, -0.2) is 0 Å². The molecule has 1 amide bonds. The summed E-state index contributed by atoms with van der Waals surface area (Å²) >= 11 is 0. The Morgan fingerprint density at radius 1 is 1.39 bits per heavy atom. The van der Waals surface area contributed by atoms with Crippen LogP contribution in [0.15, 0.2) is 12.1 Å². The van der Waals surface area contributed by atoms with Crippen LogP contribution in [0, 0.1) is 6.92 Å². The van der Waals surface area contributed by atoms with Gasteiger partial charge in [0.05, 0.1) is 20.3 Å². The predicted octanol–water partition coefficient (Wildman–Crippen LogP) is 0.976. The molecule has 5 nitrogen and oxygen atoms in total. The van der Waals surface area contributed by atoms with Crippen molar-refractivity contribution in [1.82, 2.24) is 5.32 Å². The molecular formula is C13H20N2O3. The van der Waals surface area contributed by atoms with Crippen molar-refractivity contribution in [3.8, 4) is 11.5 Å². The maximum Gasteiger partial charge on any atom is 0.236 e. The molecule has 0 heterocycles. The van der Waals surface area contributed by atoms with Crippen molar-refractivity contribution in [3.63, 3.8) is 0 Å². The molecule has 0 bridgehead atoms. The first-order chi connectivity index (χ1) is 8.49. The molecule has 1 atom stereocenters. The topological polar surface area (TPSA) is 73.6 Å². The van der Waals surface area contributed by atoms with Crippen LogP contribution in [0.25, 0.3) is 0 Å². The Morgan fingerprint density at radius 3 is 2.56 bits per heavy atom. The zero-order chi connectivity index (χ0) is 13.7. The standard InChI is InChI=1S/C13H20N2O3/c1-8-5-10(17-3)6-12(18-4)11(8)7-15-13(16)9(2)14/h5-6,9H,7,14H2,1-4H3,(H,15,16). The van der Waals surface area contributed by atoms with E-state index in [9.17, 15) is 4.79 Å². The van der Waals surface area contributed by atoms with Crippen LogP contribution in [0.5, 0.6) is 11.5 Å². The molecule has 1 aromatic carbocycles. The molecule has 0 aliphatic heterocycles. The molecule has 0 saturated carbocycles. The molecule has 0 saturated heterocycles. The van der Waals surface area contributed by atoms with Crippen molar-refractivity contribution in [1.29, 1.82) is 0 Å². The molecule has 0 aliphatic carbocycles. The van der Waals surface area contributed by atoms with E-state index >= 15 is 0 Å². The van der Waals surface area contributed by atoms with E-state index in [0.717, 1.165) is 16.9 Å². The average Bonchev–Trinajstić information content (AvgIpc) is 2.35. The minimum atomic E-state index is -0.519. The lowest BCUT2D eigenvalue weighted by Gasteiger charge is -2.15. The van der Waals surface area contributed by atoms with E-state index in [1.165, 1.54) is 0 Å². The number of hydrogen-bond donors (Lipinski definition) is 2. The average molecular weight is 252 g/mol. The second-order valence-electron chi connectivity index (χ2n) is 4.13. The van der Waals surface area contributed by atoms with Gasteiger partial charge in [0.25, 0.3) is 0 Å². The first-order valence-electron chi connectivity index (χ1n) is 5.74. The van der Waals surface area contributed by atoms with Crippen LogP contribution in [-0.2, 0) is 11.3 Å². The molecule has 3 N–H and O–H groups in total. The second-order valence-corrected chi connectivity index (χ2v) is 4.13. The van der Waals surface area contributed by atoms with E-state index in [1.54, 1.807) is 27.2 Å². The van der Waals surface area contributed by atoms with Gasteiger partial charge in [0.15, 0.2) is 0 Å². The summed E-state index contributed by atoms with van der Waals surface area (Å²) in [5.41, 5.74) is 7.41. The van der Waals surface area contributed by atoms with Crippen molar-refractivity contribution in [2.75, 3.05) is 14.2 Å². The van der Waals surface area contributed by atoms with Gasteiger partial charge in [-0.05, 0) is 25.5 Å². The SMILES string of the molecule is COc1cc(C)c(CNC(=O)C(C)N)c(OC)c1. The summed E-state index contributed by atoms with van der Waals surface area (Å²) < 4.78 is 10.5. The molecule has 0 aliphatic rings. The first-order valence-corrected chi connectivity index (χ1v) is 5.74. The summed E-state index contributed by atoms with van der Waals surface area (Å²) in [7, 11) is 3.19. The Labute approximate surface area is 107 Å². The van der Waals surface area contributed by atoms with Gasteiger partial charge in [0.1, 0.15) is 11.5 Å². The number of hydrogen-bond acceptors (Lipinski definition) is 4. The highest BCUT2D eigenvalue weighted by atomic mass is 16.5. The van der Waals surface area contributed by atoms with Gasteiger partial charge in [-0.3, -0.25) is 4.79 Å². The largest absolute Gasteiger partial charge is 0.497 e. The monoisotopic (exact) mass is 252 g/mol.